The van der Waals surface area contributed by atoms with Gasteiger partial charge in [-0.2, -0.15) is 0 Å². The number of thiazole rings is 1. The molecule has 2 aromatic rings. The van der Waals surface area contributed by atoms with Crippen molar-refractivity contribution in [1.29, 1.82) is 0 Å². The summed E-state index contributed by atoms with van der Waals surface area (Å²) in [6.45, 7) is 4.93. The molecular weight excluding hydrogens is 286 g/mol. The van der Waals surface area contributed by atoms with E-state index in [1.165, 1.54) is 0 Å². The van der Waals surface area contributed by atoms with Gasteiger partial charge in [0.05, 0.1) is 11.6 Å². The molecule has 0 saturated heterocycles. The highest BCUT2D eigenvalue weighted by Crippen LogP contribution is 2.19. The van der Waals surface area contributed by atoms with Crippen molar-refractivity contribution >= 4 is 22.9 Å². The van der Waals surface area contributed by atoms with Crippen molar-refractivity contribution in [1.82, 2.24) is 10.3 Å². The number of hydrogen-bond donors (Lipinski definition) is 2. The zero-order valence-corrected chi connectivity index (χ0v) is 13.0. The Kier molecular flexibility index (Phi) is 5.16. The minimum absolute atomic E-state index is 0.156. The maximum atomic E-state index is 12.1. The minimum atomic E-state index is -0.156. The van der Waals surface area contributed by atoms with Gasteiger partial charge in [0.25, 0.3) is 5.91 Å². The third-order valence-corrected chi connectivity index (χ3v) is 3.82. The van der Waals surface area contributed by atoms with Gasteiger partial charge in [0.1, 0.15) is 5.75 Å². The Morgan fingerprint density at radius 1 is 1.43 bits per heavy atom. The Balaban J connectivity index is 1.93. The SMILES string of the molecule is CCOc1cc(N)cc(C(=O)NCCc2nc(C)cs2)c1. The van der Waals surface area contributed by atoms with Gasteiger partial charge in [-0.05, 0) is 26.0 Å². The van der Waals surface area contributed by atoms with E-state index in [1.807, 2.05) is 19.2 Å². The molecule has 1 aromatic carbocycles. The second-order valence-corrected chi connectivity index (χ2v) is 5.55. The number of hydrogen-bond acceptors (Lipinski definition) is 5. The predicted octanol–water partition coefficient (Wildman–Crippen LogP) is 2.40. The van der Waals surface area contributed by atoms with Crippen molar-refractivity contribution < 1.29 is 9.53 Å². The fourth-order valence-corrected chi connectivity index (χ4v) is 2.68. The highest BCUT2D eigenvalue weighted by Gasteiger charge is 2.08. The van der Waals surface area contributed by atoms with Gasteiger partial charge >= 0.3 is 0 Å². The van der Waals surface area contributed by atoms with E-state index in [4.69, 9.17) is 10.5 Å². The Bertz CT molecular complexity index is 625. The quantitative estimate of drug-likeness (QED) is 0.803. The van der Waals surface area contributed by atoms with Crippen LogP contribution in [0, 0.1) is 6.92 Å². The van der Waals surface area contributed by atoms with Gasteiger partial charge < -0.3 is 15.8 Å². The number of nitrogens with zero attached hydrogens (tertiary/aromatic N) is 1. The molecule has 0 aliphatic rings. The Morgan fingerprint density at radius 3 is 2.90 bits per heavy atom. The molecule has 3 N–H and O–H groups in total. The number of nitrogen functional groups attached to an aromatic ring is 1. The lowest BCUT2D eigenvalue weighted by Crippen LogP contribution is -2.25. The van der Waals surface area contributed by atoms with Crippen LogP contribution in [0.25, 0.3) is 0 Å². The van der Waals surface area contributed by atoms with Crippen molar-refractivity contribution in [2.45, 2.75) is 20.3 Å². The van der Waals surface area contributed by atoms with E-state index < -0.39 is 0 Å². The summed E-state index contributed by atoms with van der Waals surface area (Å²) in [6.07, 6.45) is 0.727. The number of carbonyl (C=O) groups excluding carboxylic acids is 1. The van der Waals surface area contributed by atoms with Crippen LogP contribution in [-0.4, -0.2) is 24.0 Å². The zero-order valence-electron chi connectivity index (χ0n) is 12.2. The van der Waals surface area contributed by atoms with Crippen molar-refractivity contribution in [2.24, 2.45) is 0 Å². The number of carbonyl (C=O) groups is 1. The molecule has 0 atom stereocenters. The molecule has 2 rings (SSSR count). The first-order valence-corrected chi connectivity index (χ1v) is 7.69. The molecule has 0 saturated carbocycles. The molecule has 0 unspecified atom stereocenters. The van der Waals surface area contributed by atoms with Crippen LogP contribution in [0.2, 0.25) is 0 Å². The van der Waals surface area contributed by atoms with E-state index in [9.17, 15) is 4.79 Å². The summed E-state index contributed by atoms with van der Waals surface area (Å²) in [5.41, 5.74) is 7.82. The largest absolute Gasteiger partial charge is 0.494 e. The first-order valence-electron chi connectivity index (χ1n) is 6.81. The Morgan fingerprint density at radius 2 is 2.24 bits per heavy atom. The molecule has 1 heterocycles. The van der Waals surface area contributed by atoms with Gasteiger partial charge in [-0.1, -0.05) is 0 Å². The van der Waals surface area contributed by atoms with Crippen LogP contribution < -0.4 is 15.8 Å². The molecule has 0 radical (unpaired) electrons. The summed E-state index contributed by atoms with van der Waals surface area (Å²) in [5, 5.41) is 5.90. The third-order valence-electron chi connectivity index (χ3n) is 2.79. The van der Waals surface area contributed by atoms with Gasteiger partial charge in [0.2, 0.25) is 0 Å². The number of aryl methyl sites for hydroxylation is 1. The average Bonchev–Trinajstić information content (AvgIpc) is 2.84. The molecule has 5 nitrogen and oxygen atoms in total. The van der Waals surface area contributed by atoms with Crippen molar-refractivity contribution in [3.05, 3.63) is 39.8 Å². The lowest BCUT2D eigenvalue weighted by molar-refractivity contribution is 0.0953. The second-order valence-electron chi connectivity index (χ2n) is 4.61. The number of aromatic nitrogens is 1. The first kappa shape index (κ1) is 15.3. The van der Waals surface area contributed by atoms with Crippen LogP contribution in [0.1, 0.15) is 28.0 Å². The van der Waals surface area contributed by atoms with Gasteiger partial charge in [0, 0.05) is 41.4 Å². The maximum Gasteiger partial charge on any atom is 0.251 e. The smallest absolute Gasteiger partial charge is 0.251 e. The van der Waals surface area contributed by atoms with E-state index in [1.54, 1.807) is 29.5 Å². The van der Waals surface area contributed by atoms with Crippen LogP contribution in [0.5, 0.6) is 5.75 Å². The third kappa shape index (κ3) is 4.46. The van der Waals surface area contributed by atoms with Crippen LogP contribution in [0.15, 0.2) is 23.6 Å². The van der Waals surface area contributed by atoms with E-state index in [0.29, 0.717) is 30.2 Å². The molecule has 1 amide bonds. The van der Waals surface area contributed by atoms with Gasteiger partial charge in [-0.3, -0.25) is 4.79 Å². The highest BCUT2D eigenvalue weighted by atomic mass is 32.1. The first-order chi connectivity index (χ1) is 10.1. The average molecular weight is 305 g/mol. The van der Waals surface area contributed by atoms with Crippen LogP contribution in [0.3, 0.4) is 0 Å². The summed E-state index contributed by atoms with van der Waals surface area (Å²) in [6, 6.07) is 5.05. The molecule has 112 valence electrons. The molecule has 0 bridgehead atoms. The van der Waals surface area contributed by atoms with E-state index in [0.717, 1.165) is 17.1 Å². The zero-order chi connectivity index (χ0) is 15.2. The number of rotatable bonds is 6. The second kappa shape index (κ2) is 7.08. The Hall–Kier alpha value is -2.08. The minimum Gasteiger partial charge on any atom is -0.494 e. The standard InChI is InChI=1S/C15H19N3O2S/c1-3-20-13-7-11(6-12(16)8-13)15(19)17-5-4-14-18-10(2)9-21-14/h6-9H,3-5,16H2,1-2H3,(H,17,19). The molecule has 6 heteroatoms. The maximum absolute atomic E-state index is 12.1. The summed E-state index contributed by atoms with van der Waals surface area (Å²) in [7, 11) is 0. The Labute approximate surface area is 128 Å². The number of nitrogens with one attached hydrogen (secondary N) is 1. The summed E-state index contributed by atoms with van der Waals surface area (Å²) >= 11 is 1.61. The normalized spacial score (nSPS) is 10.4. The van der Waals surface area contributed by atoms with Gasteiger partial charge in [-0.15, -0.1) is 11.3 Å². The van der Waals surface area contributed by atoms with E-state index >= 15 is 0 Å². The van der Waals surface area contributed by atoms with E-state index in [2.05, 4.69) is 10.3 Å². The predicted molar refractivity (Wildman–Crippen MR) is 84.9 cm³/mol. The van der Waals surface area contributed by atoms with Crippen molar-refractivity contribution in [3.63, 3.8) is 0 Å². The van der Waals surface area contributed by atoms with Crippen molar-refractivity contribution in [3.8, 4) is 5.75 Å². The number of anilines is 1. The lowest BCUT2D eigenvalue weighted by Gasteiger charge is -2.08. The number of nitrogens with two attached hydrogens (primary N) is 1. The van der Waals surface area contributed by atoms with Crippen LogP contribution >= 0.6 is 11.3 Å². The molecule has 0 fully saturated rings. The monoisotopic (exact) mass is 305 g/mol. The number of amides is 1. The molecule has 1 aromatic heterocycles. The highest BCUT2D eigenvalue weighted by molar-refractivity contribution is 7.09. The summed E-state index contributed by atoms with van der Waals surface area (Å²) in [4.78, 5) is 16.5. The van der Waals surface area contributed by atoms with Gasteiger partial charge in [0.15, 0.2) is 0 Å². The lowest BCUT2D eigenvalue weighted by atomic mass is 10.1. The van der Waals surface area contributed by atoms with E-state index in [-0.39, 0.29) is 5.91 Å². The summed E-state index contributed by atoms with van der Waals surface area (Å²) < 4.78 is 5.39. The molecule has 0 spiro atoms. The number of ether oxygens (including phenoxy) is 1. The molecule has 0 aliphatic heterocycles. The van der Waals surface area contributed by atoms with Crippen molar-refractivity contribution in [2.75, 3.05) is 18.9 Å². The van der Waals surface area contributed by atoms with Crippen LogP contribution in [0.4, 0.5) is 5.69 Å². The topological polar surface area (TPSA) is 77.2 Å². The molecule has 0 aliphatic carbocycles. The molecular formula is C15H19N3O2S. The molecule has 21 heavy (non-hydrogen) atoms. The van der Waals surface area contributed by atoms with Gasteiger partial charge in [-0.25, -0.2) is 4.98 Å². The fraction of sp³-hybridized carbons (Fsp3) is 0.333. The van der Waals surface area contributed by atoms with Crippen LogP contribution in [-0.2, 0) is 6.42 Å². The summed E-state index contributed by atoms with van der Waals surface area (Å²) in [5.74, 6) is 0.453. The number of benzene rings is 1. The fourth-order valence-electron chi connectivity index (χ4n) is 1.91.